The highest BCUT2D eigenvalue weighted by Gasteiger charge is 2.02. The first-order valence-electron chi connectivity index (χ1n) is 5.20. The molecule has 0 aliphatic heterocycles. The Bertz CT molecular complexity index is 70.1. The van der Waals surface area contributed by atoms with Crippen LogP contribution in [-0.4, -0.2) is 0 Å². The van der Waals surface area contributed by atoms with Gasteiger partial charge in [0.1, 0.15) is 0 Å². The van der Waals surface area contributed by atoms with Crippen molar-refractivity contribution in [1.29, 1.82) is 0 Å². The summed E-state index contributed by atoms with van der Waals surface area (Å²) >= 11 is 0. The summed E-state index contributed by atoms with van der Waals surface area (Å²) in [5.74, 6) is 1.89. The molecule has 0 spiro atoms. The molecule has 0 heteroatoms. The van der Waals surface area contributed by atoms with Gasteiger partial charge in [-0.15, -0.1) is 0 Å². The fourth-order valence-corrected chi connectivity index (χ4v) is 1.51. The molecule has 0 aromatic carbocycles. The molecule has 0 aliphatic carbocycles. The van der Waals surface area contributed by atoms with Crippen LogP contribution in [-0.2, 0) is 0 Å². The van der Waals surface area contributed by atoms with Gasteiger partial charge in [-0.2, -0.15) is 0 Å². The molecular formula is C11H24. The van der Waals surface area contributed by atoms with Gasteiger partial charge < -0.3 is 0 Å². The first kappa shape index (κ1) is 11.0. The second-order valence-corrected chi connectivity index (χ2v) is 4.01. The second-order valence-electron chi connectivity index (χ2n) is 4.01. The third kappa shape index (κ3) is 6.40. The van der Waals surface area contributed by atoms with Crippen LogP contribution in [0.3, 0.4) is 0 Å². The molecule has 0 N–H and O–H groups in total. The van der Waals surface area contributed by atoms with Gasteiger partial charge in [-0.25, -0.2) is 0 Å². The van der Waals surface area contributed by atoms with Gasteiger partial charge in [0.05, 0.1) is 0 Å². The molecule has 0 unspecified atom stereocenters. The van der Waals surface area contributed by atoms with E-state index < -0.39 is 0 Å². The molecule has 0 rings (SSSR count). The van der Waals surface area contributed by atoms with Crippen LogP contribution in [0.4, 0.5) is 0 Å². The SMILES string of the molecule is CCC(CC)CCCC(C)C. The molecule has 0 radical (unpaired) electrons. The van der Waals surface area contributed by atoms with Crippen LogP contribution < -0.4 is 0 Å². The predicted octanol–water partition coefficient (Wildman–Crippen LogP) is 4.25. The molecule has 0 aromatic rings. The lowest BCUT2D eigenvalue weighted by Crippen LogP contribution is -1.97. The van der Waals surface area contributed by atoms with Crippen LogP contribution in [0.15, 0.2) is 0 Å². The van der Waals surface area contributed by atoms with Crippen LogP contribution in [0, 0.1) is 11.8 Å². The van der Waals surface area contributed by atoms with Crippen LogP contribution in [0.25, 0.3) is 0 Å². The Morgan fingerprint density at radius 2 is 1.45 bits per heavy atom. The summed E-state index contributed by atoms with van der Waals surface area (Å²) in [4.78, 5) is 0. The molecule has 0 nitrogen and oxygen atoms in total. The summed E-state index contributed by atoms with van der Waals surface area (Å²) in [5.41, 5.74) is 0. The van der Waals surface area contributed by atoms with E-state index in [1.54, 1.807) is 0 Å². The lowest BCUT2D eigenvalue weighted by molar-refractivity contribution is 0.412. The van der Waals surface area contributed by atoms with Crippen molar-refractivity contribution in [1.82, 2.24) is 0 Å². The molecule has 0 aliphatic rings. The number of rotatable bonds is 6. The van der Waals surface area contributed by atoms with E-state index in [0.717, 1.165) is 11.8 Å². The van der Waals surface area contributed by atoms with E-state index in [4.69, 9.17) is 0 Å². The van der Waals surface area contributed by atoms with Gasteiger partial charge >= 0.3 is 0 Å². The van der Waals surface area contributed by atoms with Crippen molar-refractivity contribution in [2.24, 2.45) is 11.8 Å². The lowest BCUT2D eigenvalue weighted by Gasteiger charge is -2.12. The molecule has 0 saturated carbocycles. The third-order valence-corrected chi connectivity index (χ3v) is 2.55. The maximum Gasteiger partial charge on any atom is -0.0420 e. The minimum absolute atomic E-state index is 0.893. The van der Waals surface area contributed by atoms with Gasteiger partial charge in [0.2, 0.25) is 0 Å². The molecule has 11 heavy (non-hydrogen) atoms. The fraction of sp³-hybridized carbons (Fsp3) is 1.00. The van der Waals surface area contributed by atoms with E-state index in [0.29, 0.717) is 0 Å². The summed E-state index contributed by atoms with van der Waals surface area (Å²) < 4.78 is 0. The van der Waals surface area contributed by atoms with E-state index in [1.807, 2.05) is 0 Å². The smallest absolute Gasteiger partial charge is 0.0420 e. The van der Waals surface area contributed by atoms with Gasteiger partial charge in [0.15, 0.2) is 0 Å². The first-order chi connectivity index (χ1) is 5.20. The molecule has 0 bridgehead atoms. The Labute approximate surface area is 72.4 Å². The minimum atomic E-state index is 0.893. The van der Waals surface area contributed by atoms with Crippen molar-refractivity contribution in [2.75, 3.05) is 0 Å². The van der Waals surface area contributed by atoms with Gasteiger partial charge in [-0.05, 0) is 11.8 Å². The van der Waals surface area contributed by atoms with Crippen LogP contribution >= 0.6 is 0 Å². The Kier molecular flexibility index (Phi) is 6.69. The predicted molar refractivity (Wildman–Crippen MR) is 52.8 cm³/mol. The normalized spacial score (nSPS) is 11.5. The largest absolute Gasteiger partial charge is 0.0651 e. The summed E-state index contributed by atoms with van der Waals surface area (Å²) in [5, 5.41) is 0. The van der Waals surface area contributed by atoms with Crippen molar-refractivity contribution in [3.63, 3.8) is 0 Å². The zero-order chi connectivity index (χ0) is 8.69. The van der Waals surface area contributed by atoms with Crippen LogP contribution in [0.1, 0.15) is 59.8 Å². The topological polar surface area (TPSA) is 0 Å². The Hall–Kier alpha value is 0. The summed E-state index contributed by atoms with van der Waals surface area (Å²) in [6, 6.07) is 0. The Morgan fingerprint density at radius 1 is 0.909 bits per heavy atom. The van der Waals surface area contributed by atoms with Crippen molar-refractivity contribution in [3.8, 4) is 0 Å². The lowest BCUT2D eigenvalue weighted by atomic mass is 9.94. The quantitative estimate of drug-likeness (QED) is 0.539. The molecule has 0 saturated heterocycles. The fourth-order valence-electron chi connectivity index (χ4n) is 1.51. The average molecular weight is 156 g/mol. The summed E-state index contributed by atoms with van der Waals surface area (Å²) in [6.45, 7) is 9.24. The average Bonchev–Trinajstić information content (AvgIpc) is 1.98. The minimum Gasteiger partial charge on any atom is -0.0651 e. The zero-order valence-corrected chi connectivity index (χ0v) is 8.69. The third-order valence-electron chi connectivity index (χ3n) is 2.55. The molecule has 0 atom stereocenters. The molecule has 0 heterocycles. The second kappa shape index (κ2) is 6.69. The maximum absolute atomic E-state index is 2.31. The Balaban J connectivity index is 3.21. The van der Waals surface area contributed by atoms with E-state index >= 15 is 0 Å². The van der Waals surface area contributed by atoms with E-state index in [2.05, 4.69) is 27.7 Å². The standard InChI is InChI=1S/C11H24/c1-5-11(6-2)9-7-8-10(3)4/h10-11H,5-9H2,1-4H3. The maximum atomic E-state index is 2.31. The molecule has 68 valence electrons. The summed E-state index contributed by atoms with van der Waals surface area (Å²) in [7, 11) is 0. The van der Waals surface area contributed by atoms with Crippen molar-refractivity contribution < 1.29 is 0 Å². The molecular weight excluding hydrogens is 132 g/mol. The van der Waals surface area contributed by atoms with Gasteiger partial charge in [-0.1, -0.05) is 59.8 Å². The highest BCUT2D eigenvalue weighted by Crippen LogP contribution is 2.17. The first-order valence-corrected chi connectivity index (χ1v) is 5.20. The molecule has 0 aromatic heterocycles. The Morgan fingerprint density at radius 3 is 1.82 bits per heavy atom. The highest BCUT2D eigenvalue weighted by molar-refractivity contribution is 4.55. The molecule has 0 fully saturated rings. The van der Waals surface area contributed by atoms with Crippen LogP contribution in [0.2, 0.25) is 0 Å². The number of hydrogen-bond acceptors (Lipinski definition) is 0. The van der Waals surface area contributed by atoms with Crippen molar-refractivity contribution in [3.05, 3.63) is 0 Å². The molecule has 0 amide bonds. The van der Waals surface area contributed by atoms with Crippen molar-refractivity contribution in [2.45, 2.75) is 59.8 Å². The van der Waals surface area contributed by atoms with E-state index in [1.165, 1.54) is 32.1 Å². The van der Waals surface area contributed by atoms with Crippen molar-refractivity contribution >= 4 is 0 Å². The van der Waals surface area contributed by atoms with Gasteiger partial charge in [0.25, 0.3) is 0 Å². The van der Waals surface area contributed by atoms with Gasteiger partial charge in [-0.3, -0.25) is 0 Å². The van der Waals surface area contributed by atoms with E-state index in [9.17, 15) is 0 Å². The van der Waals surface area contributed by atoms with Crippen LogP contribution in [0.5, 0.6) is 0 Å². The monoisotopic (exact) mass is 156 g/mol. The summed E-state index contributed by atoms with van der Waals surface area (Å²) in [6.07, 6.45) is 7.04. The zero-order valence-electron chi connectivity index (χ0n) is 8.69. The highest BCUT2D eigenvalue weighted by atomic mass is 14.1. The number of hydrogen-bond donors (Lipinski definition) is 0. The van der Waals surface area contributed by atoms with Gasteiger partial charge in [0, 0.05) is 0 Å². The van der Waals surface area contributed by atoms with E-state index in [-0.39, 0.29) is 0 Å².